The van der Waals surface area contributed by atoms with Gasteiger partial charge in [-0.3, -0.25) is 0 Å². The van der Waals surface area contributed by atoms with E-state index in [1.807, 2.05) is 35.8 Å². The molecule has 0 aliphatic rings. The minimum atomic E-state index is -3.65. The summed E-state index contributed by atoms with van der Waals surface area (Å²) in [5.41, 5.74) is 3.64. The first-order valence-electron chi connectivity index (χ1n) is 8.65. The maximum Gasteiger partial charge on any atom is 0.339 e. The molecule has 1 heterocycles. The molecule has 2 amide bonds. The fourth-order valence-electron chi connectivity index (χ4n) is 2.63. The Morgan fingerprint density at radius 1 is 1.24 bits per heavy atom. The first-order valence-corrected chi connectivity index (χ1v) is 11.3. The molecule has 1 aromatic heterocycles. The largest absolute Gasteiger partial charge is 0.339 e. The van der Waals surface area contributed by atoms with Crippen molar-refractivity contribution in [1.82, 2.24) is 14.3 Å². The summed E-state index contributed by atoms with van der Waals surface area (Å²) in [5.74, 6) is 0. The molecule has 154 valence electrons. The molecule has 0 spiro atoms. The van der Waals surface area contributed by atoms with Crippen molar-refractivity contribution >= 4 is 54.9 Å². The van der Waals surface area contributed by atoms with Crippen molar-refractivity contribution in [2.75, 3.05) is 19.4 Å². The van der Waals surface area contributed by atoms with Crippen LogP contribution in [0.4, 0.5) is 10.5 Å². The van der Waals surface area contributed by atoms with E-state index >= 15 is 0 Å². The number of benzene rings is 2. The van der Waals surface area contributed by atoms with Crippen molar-refractivity contribution in [3.63, 3.8) is 0 Å². The Bertz CT molecular complexity index is 1230. The molecule has 0 unspecified atom stereocenters. The lowest BCUT2D eigenvalue weighted by molar-refractivity contribution is 0.252. The third kappa shape index (κ3) is 4.45. The smallest absolute Gasteiger partial charge is 0.315 e. The van der Waals surface area contributed by atoms with Gasteiger partial charge in [0.05, 0.1) is 25.8 Å². The number of carbonyl (C=O) groups is 1. The molecule has 29 heavy (non-hydrogen) atoms. The van der Waals surface area contributed by atoms with E-state index < -0.39 is 16.1 Å². The van der Waals surface area contributed by atoms with E-state index in [1.165, 1.54) is 43.6 Å². The van der Waals surface area contributed by atoms with E-state index in [0.29, 0.717) is 11.3 Å². The summed E-state index contributed by atoms with van der Waals surface area (Å²) < 4.78 is 28.7. The Balaban J connectivity index is 1.84. The highest BCUT2D eigenvalue weighted by Crippen LogP contribution is 2.26. The van der Waals surface area contributed by atoms with Crippen LogP contribution in [0.3, 0.4) is 0 Å². The van der Waals surface area contributed by atoms with Gasteiger partial charge >= 0.3 is 6.03 Å². The Labute approximate surface area is 177 Å². The topological polar surface area (TPSA) is 95.8 Å². The number of rotatable bonds is 5. The number of urea groups is 1. The molecule has 0 saturated heterocycles. The van der Waals surface area contributed by atoms with Crippen molar-refractivity contribution in [2.24, 2.45) is 5.10 Å². The van der Waals surface area contributed by atoms with E-state index in [0.717, 1.165) is 14.5 Å². The molecule has 0 radical (unpaired) electrons. The number of aromatic nitrogens is 1. The highest BCUT2D eigenvalue weighted by atomic mass is 35.5. The lowest BCUT2D eigenvalue weighted by Gasteiger charge is -2.13. The summed E-state index contributed by atoms with van der Waals surface area (Å²) in [5, 5.41) is 6.94. The molecular formula is C18H20ClN5O3S2. The molecule has 0 fully saturated rings. The van der Waals surface area contributed by atoms with Crippen LogP contribution in [0.25, 0.3) is 10.2 Å². The van der Waals surface area contributed by atoms with Crippen molar-refractivity contribution < 1.29 is 13.2 Å². The zero-order valence-corrected chi connectivity index (χ0v) is 18.4. The Hall–Kier alpha value is -2.40. The number of halogens is 1. The number of aryl methyl sites for hydroxylation is 1. The Morgan fingerprint density at radius 2 is 1.97 bits per heavy atom. The minimum Gasteiger partial charge on any atom is -0.315 e. The van der Waals surface area contributed by atoms with Crippen LogP contribution in [-0.2, 0) is 16.6 Å². The summed E-state index contributed by atoms with van der Waals surface area (Å²) in [6.45, 7) is 2.69. The summed E-state index contributed by atoms with van der Waals surface area (Å²) in [4.78, 5) is 13.0. The van der Waals surface area contributed by atoms with E-state index in [2.05, 4.69) is 15.8 Å². The molecule has 3 rings (SSSR count). The van der Waals surface area contributed by atoms with Gasteiger partial charge < -0.3 is 9.88 Å². The maximum absolute atomic E-state index is 12.3. The molecule has 0 aliphatic heterocycles. The van der Waals surface area contributed by atoms with Crippen molar-refractivity contribution in [3.05, 3.63) is 52.3 Å². The summed E-state index contributed by atoms with van der Waals surface area (Å²) in [6, 6.07) is 11.3. The average molecular weight is 454 g/mol. The van der Waals surface area contributed by atoms with E-state index in [1.54, 1.807) is 0 Å². The van der Waals surface area contributed by atoms with Gasteiger partial charge in [-0.25, -0.2) is 22.9 Å². The molecule has 8 nitrogen and oxygen atoms in total. The van der Waals surface area contributed by atoms with E-state index in [9.17, 15) is 13.2 Å². The lowest BCUT2D eigenvalue weighted by atomic mass is 10.3. The normalized spacial score (nSPS) is 12.5. The second-order valence-corrected chi connectivity index (χ2v) is 9.77. The van der Waals surface area contributed by atoms with Gasteiger partial charge in [0.1, 0.15) is 0 Å². The second-order valence-electron chi connectivity index (χ2n) is 6.20. The number of nitrogens with one attached hydrogen (secondary N) is 2. The van der Waals surface area contributed by atoms with Gasteiger partial charge in [-0.1, -0.05) is 35.1 Å². The summed E-state index contributed by atoms with van der Waals surface area (Å²) in [6.07, 6.45) is 0. The lowest BCUT2D eigenvalue weighted by Crippen LogP contribution is -2.28. The number of nitrogens with zero attached hydrogens (tertiary/aromatic N) is 3. The van der Waals surface area contributed by atoms with Crippen LogP contribution in [0.1, 0.15) is 6.92 Å². The van der Waals surface area contributed by atoms with Crippen LogP contribution in [-0.4, -0.2) is 37.4 Å². The van der Waals surface area contributed by atoms with Crippen molar-refractivity contribution in [3.8, 4) is 0 Å². The first-order chi connectivity index (χ1) is 13.7. The molecule has 0 aliphatic carbocycles. The van der Waals surface area contributed by atoms with Gasteiger partial charge in [0.15, 0.2) is 0 Å². The monoisotopic (exact) mass is 453 g/mol. The number of sulfonamides is 1. The Kier molecular flexibility index (Phi) is 6.27. The number of hydrogen-bond acceptors (Lipinski definition) is 5. The highest BCUT2D eigenvalue weighted by Gasteiger charge is 2.19. The zero-order valence-electron chi connectivity index (χ0n) is 16.0. The zero-order chi connectivity index (χ0) is 21.2. The maximum atomic E-state index is 12.3. The predicted octanol–water partition coefficient (Wildman–Crippen LogP) is 3.26. The minimum absolute atomic E-state index is 0.0208. The SMILES string of the molecule is CCn1/c(=N/NC(=O)Nc2cc(S(=O)(=O)N(C)C)ccc2Cl)sc2ccccc21. The van der Waals surface area contributed by atoms with Crippen LogP contribution >= 0.6 is 22.9 Å². The van der Waals surface area contributed by atoms with Gasteiger partial charge in [-0.05, 0) is 37.3 Å². The van der Waals surface area contributed by atoms with Crippen molar-refractivity contribution in [1.29, 1.82) is 0 Å². The number of hydrogen-bond donors (Lipinski definition) is 2. The molecular weight excluding hydrogens is 434 g/mol. The number of fused-ring (bicyclic) bond motifs is 1. The summed E-state index contributed by atoms with van der Waals surface area (Å²) >= 11 is 7.56. The Morgan fingerprint density at radius 3 is 2.66 bits per heavy atom. The highest BCUT2D eigenvalue weighted by molar-refractivity contribution is 7.89. The van der Waals surface area contributed by atoms with Gasteiger partial charge in [-0.2, -0.15) is 0 Å². The molecule has 0 saturated carbocycles. The molecule has 2 aromatic carbocycles. The van der Waals surface area contributed by atoms with Gasteiger partial charge in [0.2, 0.25) is 14.8 Å². The fourth-order valence-corrected chi connectivity index (χ4v) is 4.78. The third-order valence-corrected chi connectivity index (χ3v) is 7.32. The number of carbonyl (C=O) groups excluding carboxylic acids is 1. The predicted molar refractivity (Wildman–Crippen MR) is 116 cm³/mol. The van der Waals surface area contributed by atoms with Crippen LogP contribution < -0.4 is 15.5 Å². The molecule has 2 N–H and O–H groups in total. The third-order valence-electron chi connectivity index (χ3n) is 4.12. The first kappa shape index (κ1) is 21.3. The molecule has 3 aromatic rings. The van der Waals surface area contributed by atoms with Crippen molar-refractivity contribution in [2.45, 2.75) is 18.4 Å². The van der Waals surface area contributed by atoms with Gasteiger partial charge in [0.25, 0.3) is 0 Å². The van der Waals surface area contributed by atoms with Crippen LogP contribution in [0.15, 0.2) is 52.5 Å². The van der Waals surface area contributed by atoms with Crippen LogP contribution in [0.2, 0.25) is 5.02 Å². The van der Waals surface area contributed by atoms with Crippen LogP contribution in [0, 0.1) is 0 Å². The molecule has 0 atom stereocenters. The number of thiazole rings is 1. The van der Waals surface area contributed by atoms with Gasteiger partial charge in [-0.15, -0.1) is 5.10 Å². The molecule has 0 bridgehead atoms. The standard InChI is InChI=1S/C18H20ClN5O3S2/c1-4-24-15-7-5-6-8-16(15)28-18(24)22-21-17(25)20-14-11-12(9-10-13(14)19)29(26,27)23(2)3/h5-11H,4H2,1-3H3,(H2,20,21,25)/b22-18-. The van der Waals surface area contributed by atoms with Crippen LogP contribution in [0.5, 0.6) is 0 Å². The average Bonchev–Trinajstić information content (AvgIpc) is 3.05. The second kappa shape index (κ2) is 8.54. The molecule has 11 heteroatoms. The number of anilines is 1. The van der Waals surface area contributed by atoms with E-state index in [4.69, 9.17) is 11.6 Å². The quantitative estimate of drug-likeness (QED) is 0.580. The van der Waals surface area contributed by atoms with E-state index in [-0.39, 0.29) is 15.6 Å². The number of amides is 2. The number of para-hydroxylation sites is 1. The van der Waals surface area contributed by atoms with Gasteiger partial charge in [0, 0.05) is 20.6 Å². The summed E-state index contributed by atoms with van der Waals surface area (Å²) in [7, 11) is -0.799. The fraction of sp³-hybridized carbons (Fsp3) is 0.222.